The highest BCUT2D eigenvalue weighted by Gasteiger charge is 2.48. The van der Waals surface area contributed by atoms with E-state index in [0.29, 0.717) is 41.2 Å². The fourth-order valence-electron chi connectivity index (χ4n) is 3.45. The van der Waals surface area contributed by atoms with Crippen molar-refractivity contribution in [3.63, 3.8) is 0 Å². The lowest BCUT2D eigenvalue weighted by Gasteiger charge is -2.15. The number of aromatic amines is 1. The number of rotatable bonds is 5. The Hall–Kier alpha value is -2.46. The smallest absolute Gasteiger partial charge is 0.296 e. The van der Waals surface area contributed by atoms with E-state index in [4.69, 9.17) is 25.8 Å². The first-order chi connectivity index (χ1) is 13.7. The van der Waals surface area contributed by atoms with Crippen LogP contribution in [0, 0.1) is 0 Å². The molecule has 1 unspecified atom stereocenters. The van der Waals surface area contributed by atoms with Gasteiger partial charge in [0.05, 0.1) is 23.8 Å². The van der Waals surface area contributed by atoms with Crippen molar-refractivity contribution in [1.29, 1.82) is 0 Å². The molecule has 28 heavy (non-hydrogen) atoms. The van der Waals surface area contributed by atoms with Crippen LogP contribution in [-0.2, 0) is 16.0 Å². The van der Waals surface area contributed by atoms with Gasteiger partial charge in [0.2, 0.25) is 0 Å². The Morgan fingerprint density at radius 2 is 2.18 bits per heavy atom. The van der Waals surface area contributed by atoms with Crippen LogP contribution in [0.4, 0.5) is 5.82 Å². The van der Waals surface area contributed by atoms with E-state index in [2.05, 4.69) is 25.3 Å². The minimum Gasteiger partial charge on any atom is -0.456 e. The summed E-state index contributed by atoms with van der Waals surface area (Å²) < 4.78 is 17.0. The maximum atomic E-state index is 9.83. The normalized spacial score (nSPS) is 26.5. The predicted octanol–water partition coefficient (Wildman–Crippen LogP) is 1.52. The van der Waals surface area contributed by atoms with Gasteiger partial charge in [0, 0.05) is 18.9 Å². The first-order valence-corrected chi connectivity index (χ1v) is 9.32. The number of hydrogen-bond acceptors (Lipinski definition) is 8. The molecule has 10 heteroatoms. The number of nitrogens with zero attached hydrogens (tertiary/aromatic N) is 3. The minimum absolute atomic E-state index is 0.248. The Bertz CT molecular complexity index is 985. The van der Waals surface area contributed by atoms with E-state index < -0.39 is 6.10 Å². The molecule has 0 amide bonds. The van der Waals surface area contributed by atoms with Gasteiger partial charge in [-0.2, -0.15) is 4.98 Å². The summed E-state index contributed by atoms with van der Waals surface area (Å²) in [6.45, 7) is 1.12. The Balaban J connectivity index is 1.32. The first-order valence-electron chi connectivity index (χ1n) is 8.94. The number of H-pyrrole nitrogens is 1. The molecule has 0 aromatic carbocycles. The third kappa shape index (κ3) is 3.26. The first kappa shape index (κ1) is 17.6. The summed E-state index contributed by atoms with van der Waals surface area (Å²) in [4.78, 5) is 16.0. The topological polar surface area (TPSA) is 114 Å². The highest BCUT2D eigenvalue weighted by atomic mass is 35.5. The van der Waals surface area contributed by atoms with Crippen LogP contribution in [0.2, 0.25) is 5.02 Å². The number of aliphatic hydroxyl groups excluding tert-OH is 1. The molecule has 5 rings (SSSR count). The summed E-state index contributed by atoms with van der Waals surface area (Å²) in [6.07, 6.45) is 1.87. The summed E-state index contributed by atoms with van der Waals surface area (Å²) in [6, 6.07) is 5.89. The second-order valence-corrected chi connectivity index (χ2v) is 7.17. The summed E-state index contributed by atoms with van der Waals surface area (Å²) in [7, 11) is 0. The number of aliphatic hydroxyl groups is 1. The zero-order valence-electron chi connectivity index (χ0n) is 14.7. The van der Waals surface area contributed by atoms with Crippen molar-refractivity contribution in [2.24, 2.45) is 0 Å². The van der Waals surface area contributed by atoms with Crippen LogP contribution < -0.4 is 10.1 Å². The molecule has 4 atom stereocenters. The molecule has 9 nitrogen and oxygen atoms in total. The average molecular weight is 404 g/mol. The summed E-state index contributed by atoms with van der Waals surface area (Å²) in [5.41, 5.74) is 2.16. The molecule has 3 N–H and O–H groups in total. The summed E-state index contributed by atoms with van der Waals surface area (Å²) in [5.74, 6) is 0.530. The third-order valence-corrected chi connectivity index (χ3v) is 5.12. The Morgan fingerprint density at radius 3 is 3.04 bits per heavy atom. The van der Waals surface area contributed by atoms with E-state index in [9.17, 15) is 5.11 Å². The van der Waals surface area contributed by atoms with E-state index in [-0.39, 0.29) is 24.9 Å². The van der Waals surface area contributed by atoms with Gasteiger partial charge in [-0.1, -0.05) is 17.7 Å². The zero-order valence-corrected chi connectivity index (χ0v) is 15.5. The standard InChI is InChI=1S/C18H18ClN5O4/c19-10-4-11-17(23-16(10)21-6-9-2-1-3-20-5-9)24-18(22-11)28-13-8-27-14-12(25)7-26-15(13)14/h1-5,12-15,25H,6-8H2,(H2,21,22,23,24)/t12-,13-,14?,15-/m1/s1. The molecular formula is C18H18ClN5O4. The van der Waals surface area contributed by atoms with Crippen LogP contribution in [0.1, 0.15) is 5.56 Å². The number of aromatic nitrogens is 4. The van der Waals surface area contributed by atoms with Gasteiger partial charge in [0.25, 0.3) is 6.01 Å². The third-order valence-electron chi connectivity index (χ3n) is 4.83. The van der Waals surface area contributed by atoms with Crippen molar-refractivity contribution >= 4 is 28.6 Å². The maximum Gasteiger partial charge on any atom is 0.296 e. The fourth-order valence-corrected chi connectivity index (χ4v) is 3.67. The molecule has 2 saturated heterocycles. The lowest BCUT2D eigenvalue weighted by atomic mass is 10.1. The quantitative estimate of drug-likeness (QED) is 0.587. The monoisotopic (exact) mass is 403 g/mol. The molecule has 5 heterocycles. The molecule has 0 spiro atoms. The van der Waals surface area contributed by atoms with Crippen LogP contribution in [0.15, 0.2) is 30.6 Å². The lowest BCUT2D eigenvalue weighted by molar-refractivity contribution is 0.00706. The second-order valence-electron chi connectivity index (χ2n) is 6.77. The number of halogens is 1. The molecule has 3 aromatic rings. The fraction of sp³-hybridized carbons (Fsp3) is 0.389. The van der Waals surface area contributed by atoms with Gasteiger partial charge in [-0.3, -0.25) is 4.98 Å². The van der Waals surface area contributed by atoms with Crippen LogP contribution in [-0.4, -0.2) is 62.7 Å². The average Bonchev–Trinajstić information content (AvgIpc) is 3.38. The Kier molecular flexibility index (Phi) is 4.52. The van der Waals surface area contributed by atoms with Gasteiger partial charge in [-0.25, -0.2) is 4.98 Å². The number of pyridine rings is 2. The van der Waals surface area contributed by atoms with E-state index in [1.165, 1.54) is 0 Å². The van der Waals surface area contributed by atoms with Gasteiger partial charge in [-0.05, 0) is 17.7 Å². The molecule has 2 fully saturated rings. The van der Waals surface area contributed by atoms with E-state index in [1.54, 1.807) is 18.5 Å². The Labute approximate surface area is 165 Å². The molecular weight excluding hydrogens is 386 g/mol. The van der Waals surface area contributed by atoms with Crippen LogP contribution >= 0.6 is 11.6 Å². The Morgan fingerprint density at radius 1 is 1.29 bits per heavy atom. The highest BCUT2D eigenvalue weighted by molar-refractivity contribution is 6.33. The predicted molar refractivity (Wildman–Crippen MR) is 100 cm³/mol. The van der Waals surface area contributed by atoms with Gasteiger partial charge in [0.15, 0.2) is 11.8 Å². The number of nitrogens with one attached hydrogen (secondary N) is 2. The molecule has 0 bridgehead atoms. The summed E-state index contributed by atoms with van der Waals surface area (Å²) in [5, 5.41) is 13.5. The van der Waals surface area contributed by atoms with Crippen molar-refractivity contribution in [2.75, 3.05) is 18.5 Å². The number of ether oxygens (including phenoxy) is 3. The molecule has 146 valence electrons. The number of hydrogen-bond donors (Lipinski definition) is 3. The molecule has 0 saturated carbocycles. The van der Waals surface area contributed by atoms with Gasteiger partial charge >= 0.3 is 0 Å². The zero-order chi connectivity index (χ0) is 19.1. The van der Waals surface area contributed by atoms with Crippen molar-refractivity contribution in [2.45, 2.75) is 31.0 Å². The minimum atomic E-state index is -0.622. The molecule has 0 radical (unpaired) electrons. The maximum absolute atomic E-state index is 9.83. The molecule has 3 aromatic heterocycles. The second kappa shape index (κ2) is 7.17. The lowest BCUT2D eigenvalue weighted by Crippen LogP contribution is -2.34. The summed E-state index contributed by atoms with van der Waals surface area (Å²) >= 11 is 6.34. The number of fused-ring (bicyclic) bond motifs is 2. The SMILES string of the molecule is O[C@@H]1CO[C@H]2C1OC[C@H]2Oc1nc2nc(NCc3cccnc3)c(Cl)cc2[nH]1. The van der Waals surface area contributed by atoms with E-state index in [0.717, 1.165) is 5.56 Å². The van der Waals surface area contributed by atoms with Crippen LogP contribution in [0.25, 0.3) is 11.2 Å². The highest BCUT2D eigenvalue weighted by Crippen LogP contribution is 2.30. The molecule has 2 aliphatic rings. The molecule has 2 aliphatic heterocycles. The largest absolute Gasteiger partial charge is 0.456 e. The number of anilines is 1. The van der Waals surface area contributed by atoms with Crippen molar-refractivity contribution in [1.82, 2.24) is 19.9 Å². The van der Waals surface area contributed by atoms with Gasteiger partial charge in [0.1, 0.15) is 24.1 Å². The van der Waals surface area contributed by atoms with Gasteiger partial charge < -0.3 is 29.6 Å². The van der Waals surface area contributed by atoms with E-state index in [1.807, 2.05) is 12.1 Å². The van der Waals surface area contributed by atoms with Crippen LogP contribution in [0.5, 0.6) is 6.01 Å². The van der Waals surface area contributed by atoms with Crippen molar-refractivity contribution in [3.05, 3.63) is 41.2 Å². The van der Waals surface area contributed by atoms with E-state index >= 15 is 0 Å². The van der Waals surface area contributed by atoms with Gasteiger partial charge in [-0.15, -0.1) is 0 Å². The number of imidazole rings is 1. The van der Waals surface area contributed by atoms with Crippen molar-refractivity contribution < 1.29 is 19.3 Å². The van der Waals surface area contributed by atoms with Crippen molar-refractivity contribution in [3.8, 4) is 6.01 Å². The van der Waals surface area contributed by atoms with Crippen LogP contribution in [0.3, 0.4) is 0 Å². The molecule has 0 aliphatic carbocycles.